The summed E-state index contributed by atoms with van der Waals surface area (Å²) in [7, 11) is 0. The van der Waals surface area contributed by atoms with E-state index in [1.54, 1.807) is 37.3 Å². The Kier molecular flexibility index (Phi) is 4.65. The van der Waals surface area contributed by atoms with Crippen LogP contribution in [-0.4, -0.2) is 17.3 Å². The molecule has 0 radical (unpaired) electrons. The highest BCUT2D eigenvalue weighted by Crippen LogP contribution is 2.29. The topological polar surface area (TPSA) is 77.3 Å². The van der Waals surface area contributed by atoms with Gasteiger partial charge in [-0.15, -0.1) is 0 Å². The first-order chi connectivity index (χ1) is 12.0. The lowest BCUT2D eigenvalue weighted by Gasteiger charge is -2.18. The molecule has 0 spiro atoms. The van der Waals surface area contributed by atoms with Gasteiger partial charge in [0, 0.05) is 11.0 Å². The fourth-order valence-corrected chi connectivity index (χ4v) is 2.83. The van der Waals surface area contributed by atoms with Gasteiger partial charge in [0.2, 0.25) is 5.69 Å². The van der Waals surface area contributed by atoms with Gasteiger partial charge in [-0.1, -0.05) is 41.4 Å². The quantitative estimate of drug-likeness (QED) is 0.508. The van der Waals surface area contributed by atoms with Crippen LogP contribution in [0, 0.1) is 10.1 Å². The van der Waals surface area contributed by atoms with Crippen LogP contribution >= 0.6 is 23.2 Å². The van der Waals surface area contributed by atoms with Gasteiger partial charge in [0.1, 0.15) is 5.52 Å². The van der Waals surface area contributed by atoms with E-state index in [0.29, 0.717) is 14.7 Å². The second-order valence-electron chi connectivity index (χ2n) is 5.13. The van der Waals surface area contributed by atoms with Gasteiger partial charge in [0.05, 0.1) is 26.6 Å². The van der Waals surface area contributed by atoms with Gasteiger partial charge >= 0.3 is 11.7 Å². The molecule has 0 fully saturated rings. The first-order valence-corrected chi connectivity index (χ1v) is 8.11. The molecular formula is C17H12Cl2N2O4. The van der Waals surface area contributed by atoms with Crippen molar-refractivity contribution in [2.45, 2.75) is 6.92 Å². The van der Waals surface area contributed by atoms with E-state index < -0.39 is 11.7 Å². The van der Waals surface area contributed by atoms with Crippen molar-refractivity contribution in [3.8, 4) is 11.3 Å². The molecule has 1 heterocycles. The molecule has 0 bridgehead atoms. The molecule has 8 heteroatoms. The molecule has 128 valence electrons. The van der Waals surface area contributed by atoms with Crippen molar-refractivity contribution in [3.05, 3.63) is 68.3 Å². The highest BCUT2D eigenvalue weighted by Gasteiger charge is 2.30. The van der Waals surface area contributed by atoms with E-state index in [1.807, 2.05) is 0 Å². The third-order valence-electron chi connectivity index (χ3n) is 3.60. The van der Waals surface area contributed by atoms with Crippen LogP contribution in [0.1, 0.15) is 17.4 Å². The van der Waals surface area contributed by atoms with Gasteiger partial charge in [-0.25, -0.2) is 4.79 Å². The summed E-state index contributed by atoms with van der Waals surface area (Å²) in [5.74, 6) is -0.895. The van der Waals surface area contributed by atoms with Crippen molar-refractivity contribution in [2.24, 2.45) is 0 Å². The zero-order chi connectivity index (χ0) is 18.1. The lowest BCUT2D eigenvalue weighted by molar-refractivity contribution is -0.452. The highest BCUT2D eigenvalue weighted by atomic mass is 35.5. The number of nitrogens with zero attached hydrogens (tertiary/aromatic N) is 2. The van der Waals surface area contributed by atoms with E-state index in [4.69, 9.17) is 27.9 Å². The number of halogens is 2. The van der Waals surface area contributed by atoms with Crippen LogP contribution in [0.5, 0.6) is 0 Å². The Morgan fingerprint density at radius 3 is 2.48 bits per heavy atom. The number of carbonyl (C=O) groups excluding carboxylic acids is 1. The van der Waals surface area contributed by atoms with Gasteiger partial charge in [-0.2, -0.15) is 0 Å². The molecule has 0 saturated carbocycles. The zero-order valence-corrected chi connectivity index (χ0v) is 14.5. The Labute approximate surface area is 152 Å². The SMILES string of the molecule is CCOC(=O)c1c(-c2ccccc2)[n+](=O)c2cc(Cl)c(Cl)cc2n1[O-]. The fraction of sp³-hybridized carbons (Fsp3) is 0.118. The number of hydrogen-bond acceptors (Lipinski definition) is 4. The van der Waals surface area contributed by atoms with Crippen molar-refractivity contribution in [3.63, 3.8) is 0 Å². The predicted molar refractivity (Wildman–Crippen MR) is 95.5 cm³/mol. The maximum Gasteiger partial charge on any atom is 0.361 e. The molecular weight excluding hydrogens is 367 g/mol. The molecule has 0 aliphatic rings. The number of hydrogen-bond donors (Lipinski definition) is 0. The number of fused-ring (bicyclic) bond motifs is 1. The first-order valence-electron chi connectivity index (χ1n) is 7.36. The Morgan fingerprint density at radius 1 is 1.20 bits per heavy atom. The van der Waals surface area contributed by atoms with Crippen molar-refractivity contribution >= 4 is 40.2 Å². The summed E-state index contributed by atoms with van der Waals surface area (Å²) >= 11 is 11.9. The van der Waals surface area contributed by atoms with E-state index in [2.05, 4.69) is 0 Å². The van der Waals surface area contributed by atoms with Gasteiger partial charge < -0.3 is 14.7 Å². The lowest BCUT2D eigenvalue weighted by Crippen LogP contribution is -2.28. The monoisotopic (exact) mass is 378 g/mol. The van der Waals surface area contributed by atoms with E-state index in [1.165, 1.54) is 12.1 Å². The maximum absolute atomic E-state index is 12.9. The summed E-state index contributed by atoms with van der Waals surface area (Å²) in [5.41, 5.74) is -0.199. The predicted octanol–water partition coefficient (Wildman–Crippen LogP) is 4.05. The molecule has 3 aromatic rings. The molecule has 3 rings (SSSR count). The maximum atomic E-state index is 12.9. The number of aromatic nitrogens is 2. The average molecular weight is 379 g/mol. The minimum absolute atomic E-state index is 0.00342. The Hall–Kier alpha value is -2.57. The van der Waals surface area contributed by atoms with E-state index >= 15 is 0 Å². The van der Waals surface area contributed by atoms with Crippen molar-refractivity contribution in [2.75, 3.05) is 6.61 Å². The molecule has 0 aliphatic heterocycles. The number of carbonyl (C=O) groups is 1. The van der Waals surface area contributed by atoms with Crippen LogP contribution in [0.25, 0.3) is 22.3 Å². The molecule has 2 aromatic carbocycles. The molecule has 0 amide bonds. The Morgan fingerprint density at radius 2 is 1.84 bits per heavy atom. The van der Waals surface area contributed by atoms with Gasteiger partial charge in [-0.3, -0.25) is 0 Å². The number of rotatable bonds is 3. The molecule has 0 atom stereocenters. The highest BCUT2D eigenvalue weighted by molar-refractivity contribution is 6.42. The molecule has 0 N–H and O–H groups in total. The average Bonchev–Trinajstić information content (AvgIpc) is 2.60. The number of esters is 1. The fourth-order valence-electron chi connectivity index (χ4n) is 2.51. The number of benzene rings is 2. The molecule has 0 aliphatic carbocycles. The van der Waals surface area contributed by atoms with E-state index in [-0.39, 0.29) is 33.4 Å². The summed E-state index contributed by atoms with van der Waals surface area (Å²) in [6.45, 7) is 1.67. The summed E-state index contributed by atoms with van der Waals surface area (Å²) in [6, 6.07) is 10.9. The first kappa shape index (κ1) is 17.3. The van der Waals surface area contributed by atoms with Crippen LogP contribution in [0.15, 0.2) is 42.5 Å². The van der Waals surface area contributed by atoms with Crippen LogP contribution < -0.4 is 4.43 Å². The van der Waals surface area contributed by atoms with Crippen molar-refractivity contribution in [1.82, 2.24) is 4.73 Å². The molecule has 0 saturated heterocycles. The third-order valence-corrected chi connectivity index (χ3v) is 4.32. The van der Waals surface area contributed by atoms with E-state index in [0.717, 1.165) is 0 Å². The molecule has 25 heavy (non-hydrogen) atoms. The summed E-state index contributed by atoms with van der Waals surface area (Å²) in [6.07, 6.45) is 0. The normalized spacial score (nSPS) is 10.8. The van der Waals surface area contributed by atoms with Crippen molar-refractivity contribution in [1.29, 1.82) is 0 Å². The van der Waals surface area contributed by atoms with E-state index in [9.17, 15) is 14.9 Å². The summed E-state index contributed by atoms with van der Waals surface area (Å²) in [4.78, 5) is 25.3. The summed E-state index contributed by atoms with van der Waals surface area (Å²) in [5, 5.41) is 13.0. The van der Waals surface area contributed by atoms with Crippen molar-refractivity contribution < 1.29 is 14.0 Å². The van der Waals surface area contributed by atoms with Gasteiger partial charge in [0.25, 0.3) is 5.52 Å². The van der Waals surface area contributed by atoms with Crippen LogP contribution in [0.4, 0.5) is 0 Å². The summed E-state index contributed by atoms with van der Waals surface area (Å²) < 4.78 is 5.80. The lowest BCUT2D eigenvalue weighted by atomic mass is 10.1. The minimum atomic E-state index is -0.895. The Bertz CT molecular complexity index is 1030. The van der Waals surface area contributed by atoms with Crippen LogP contribution in [0.3, 0.4) is 0 Å². The van der Waals surface area contributed by atoms with Crippen LogP contribution in [0.2, 0.25) is 10.0 Å². The zero-order valence-electron chi connectivity index (χ0n) is 13.0. The minimum Gasteiger partial charge on any atom is -0.805 e. The Balaban J connectivity index is 2.49. The molecule has 0 unspecified atom stereocenters. The van der Waals surface area contributed by atoms with Gasteiger partial charge in [-0.05, 0) is 25.1 Å². The van der Waals surface area contributed by atoms with Crippen LogP contribution in [-0.2, 0) is 4.74 Å². The molecule has 1 aromatic heterocycles. The number of ether oxygens (including phenoxy) is 1. The standard InChI is InChI=1S/C17H12Cl2N2O4/c1-2-25-17(22)16-15(10-6-4-3-5-7-10)20(23)13-8-11(18)12(19)9-14(13)21(16)24/h3-9H,2H2,1H3. The second kappa shape index (κ2) is 6.74. The molecule has 6 nitrogen and oxygen atoms in total. The third kappa shape index (κ3) is 2.94. The smallest absolute Gasteiger partial charge is 0.361 e. The largest absolute Gasteiger partial charge is 0.805 e. The second-order valence-corrected chi connectivity index (χ2v) is 5.94. The van der Waals surface area contributed by atoms with Gasteiger partial charge in [0.15, 0.2) is 0 Å².